The molecule has 1 amide bonds. The zero-order chi connectivity index (χ0) is 19.4. The highest BCUT2D eigenvalue weighted by Crippen LogP contribution is 2.38. The van der Waals surface area contributed by atoms with Gasteiger partial charge in [0, 0.05) is 30.2 Å². The van der Waals surface area contributed by atoms with E-state index in [1.807, 2.05) is 30.3 Å². The molecule has 2 aromatic rings. The Kier molecular flexibility index (Phi) is 5.73. The third-order valence-electron chi connectivity index (χ3n) is 6.17. The summed E-state index contributed by atoms with van der Waals surface area (Å²) in [5, 5.41) is 7.70. The maximum Gasteiger partial charge on any atom is 0.242 e. The van der Waals surface area contributed by atoms with Crippen molar-refractivity contribution in [2.24, 2.45) is 0 Å². The lowest BCUT2D eigenvalue weighted by molar-refractivity contribution is -0.124. The fourth-order valence-corrected chi connectivity index (χ4v) is 4.68. The Morgan fingerprint density at radius 2 is 1.93 bits per heavy atom. The Morgan fingerprint density at radius 3 is 2.64 bits per heavy atom. The molecule has 0 radical (unpaired) electrons. The van der Waals surface area contributed by atoms with E-state index in [1.165, 1.54) is 12.8 Å². The molecule has 4 rings (SSSR count). The van der Waals surface area contributed by atoms with Crippen molar-refractivity contribution in [2.45, 2.75) is 50.7 Å². The van der Waals surface area contributed by atoms with Crippen LogP contribution in [0.15, 0.2) is 36.7 Å². The van der Waals surface area contributed by atoms with E-state index in [9.17, 15) is 4.79 Å². The molecule has 2 aliphatic rings. The molecule has 1 saturated heterocycles. The van der Waals surface area contributed by atoms with E-state index in [0.29, 0.717) is 5.82 Å². The topological polar surface area (TPSA) is 72.3 Å². The molecule has 1 saturated carbocycles. The van der Waals surface area contributed by atoms with Gasteiger partial charge in [-0.05, 0) is 19.8 Å². The van der Waals surface area contributed by atoms with Gasteiger partial charge in [-0.1, -0.05) is 43.2 Å². The van der Waals surface area contributed by atoms with Gasteiger partial charge in [0.1, 0.15) is 12.9 Å². The number of nitrogens with zero attached hydrogens (tertiary/aromatic N) is 4. The smallest absolute Gasteiger partial charge is 0.242 e. The van der Waals surface area contributed by atoms with Crippen molar-refractivity contribution >= 4 is 5.91 Å². The molecule has 28 heavy (non-hydrogen) atoms. The number of rotatable bonds is 6. The van der Waals surface area contributed by atoms with Crippen LogP contribution >= 0.6 is 0 Å². The van der Waals surface area contributed by atoms with Crippen molar-refractivity contribution < 1.29 is 9.53 Å². The summed E-state index contributed by atoms with van der Waals surface area (Å²) in [6.07, 6.45) is 6.34. The normalized spacial score (nSPS) is 20.8. The molecule has 2 heterocycles. The molecule has 7 heteroatoms. The molecule has 150 valence electrons. The molecule has 1 aliphatic carbocycles. The second kappa shape index (κ2) is 8.41. The van der Waals surface area contributed by atoms with Gasteiger partial charge in [-0.3, -0.25) is 9.69 Å². The Labute approximate surface area is 166 Å². The van der Waals surface area contributed by atoms with E-state index in [2.05, 4.69) is 27.2 Å². The van der Waals surface area contributed by atoms with Crippen molar-refractivity contribution in [1.82, 2.24) is 25.0 Å². The highest BCUT2D eigenvalue weighted by Gasteiger charge is 2.44. The average Bonchev–Trinajstić information content (AvgIpc) is 3.40. The predicted molar refractivity (Wildman–Crippen MR) is 107 cm³/mol. The van der Waals surface area contributed by atoms with Crippen LogP contribution in [0.5, 0.6) is 0 Å². The molecular formula is C21H29N5O2. The maximum absolute atomic E-state index is 12.7. The van der Waals surface area contributed by atoms with Crippen LogP contribution in [0.1, 0.15) is 32.6 Å². The first-order chi connectivity index (χ1) is 13.7. The van der Waals surface area contributed by atoms with Gasteiger partial charge < -0.3 is 10.1 Å². The number of hydrogen-bond donors (Lipinski definition) is 1. The summed E-state index contributed by atoms with van der Waals surface area (Å²) in [6.45, 7) is 5.79. The second-order valence-electron chi connectivity index (χ2n) is 7.83. The molecule has 2 fully saturated rings. The molecule has 1 aliphatic heterocycles. The number of hydrogen-bond acceptors (Lipinski definition) is 5. The Bertz CT molecular complexity index is 779. The number of carbonyl (C=O) groups excluding carboxylic acids is 1. The minimum atomic E-state index is -0.0171. The lowest BCUT2D eigenvalue weighted by Gasteiger charge is -2.47. The molecule has 1 unspecified atom stereocenters. The Hall–Kier alpha value is -2.25. The molecule has 7 nitrogen and oxygen atoms in total. The van der Waals surface area contributed by atoms with Crippen LogP contribution in [-0.4, -0.2) is 63.5 Å². The Balaban J connectivity index is 1.39. The van der Waals surface area contributed by atoms with Crippen LogP contribution in [0.3, 0.4) is 0 Å². The van der Waals surface area contributed by atoms with Crippen molar-refractivity contribution in [2.75, 3.05) is 26.3 Å². The SMILES string of the molecule is CC(NC(=O)Cn1cnc(-c2ccccc2)n1)C1(N2CCOCC2)CCCC1. The number of ether oxygens (including phenoxy) is 1. The summed E-state index contributed by atoms with van der Waals surface area (Å²) < 4.78 is 7.15. The van der Waals surface area contributed by atoms with E-state index < -0.39 is 0 Å². The lowest BCUT2D eigenvalue weighted by Crippen LogP contribution is -2.62. The molecule has 1 aromatic carbocycles. The predicted octanol–water partition coefficient (Wildman–Crippen LogP) is 2.09. The minimum absolute atomic E-state index is 0.0171. The van der Waals surface area contributed by atoms with Crippen molar-refractivity contribution in [3.63, 3.8) is 0 Å². The van der Waals surface area contributed by atoms with E-state index in [-0.39, 0.29) is 24.0 Å². The number of morpholine rings is 1. The third kappa shape index (κ3) is 3.95. The quantitative estimate of drug-likeness (QED) is 0.827. The van der Waals surface area contributed by atoms with Crippen LogP contribution in [0.25, 0.3) is 11.4 Å². The van der Waals surface area contributed by atoms with Gasteiger partial charge in [-0.25, -0.2) is 9.67 Å². The summed E-state index contributed by atoms with van der Waals surface area (Å²) in [6, 6.07) is 9.90. The summed E-state index contributed by atoms with van der Waals surface area (Å²) in [4.78, 5) is 19.6. The van der Waals surface area contributed by atoms with Gasteiger partial charge in [0.05, 0.1) is 13.2 Å². The van der Waals surface area contributed by atoms with E-state index in [0.717, 1.165) is 44.7 Å². The van der Waals surface area contributed by atoms with Gasteiger partial charge >= 0.3 is 0 Å². The lowest BCUT2D eigenvalue weighted by atomic mass is 9.86. The largest absolute Gasteiger partial charge is 0.379 e. The van der Waals surface area contributed by atoms with Crippen LogP contribution in [0.2, 0.25) is 0 Å². The number of nitrogens with one attached hydrogen (secondary N) is 1. The summed E-state index contributed by atoms with van der Waals surface area (Å²) >= 11 is 0. The van der Waals surface area contributed by atoms with Crippen molar-refractivity contribution in [3.05, 3.63) is 36.7 Å². The van der Waals surface area contributed by atoms with Gasteiger partial charge in [-0.2, -0.15) is 5.10 Å². The highest BCUT2D eigenvalue weighted by atomic mass is 16.5. The monoisotopic (exact) mass is 383 g/mol. The van der Waals surface area contributed by atoms with E-state index in [1.54, 1.807) is 11.0 Å². The second-order valence-corrected chi connectivity index (χ2v) is 7.83. The van der Waals surface area contributed by atoms with Gasteiger partial charge in [0.2, 0.25) is 5.91 Å². The van der Waals surface area contributed by atoms with Crippen LogP contribution in [-0.2, 0) is 16.1 Å². The maximum atomic E-state index is 12.7. The zero-order valence-electron chi connectivity index (χ0n) is 16.5. The fraction of sp³-hybridized carbons (Fsp3) is 0.571. The number of benzene rings is 1. The van der Waals surface area contributed by atoms with Crippen molar-refractivity contribution in [1.29, 1.82) is 0 Å². The summed E-state index contributed by atoms with van der Waals surface area (Å²) in [7, 11) is 0. The highest BCUT2D eigenvalue weighted by molar-refractivity contribution is 5.76. The van der Waals surface area contributed by atoms with E-state index >= 15 is 0 Å². The summed E-state index contributed by atoms with van der Waals surface area (Å²) in [5.41, 5.74) is 1.00. The van der Waals surface area contributed by atoms with Crippen LogP contribution in [0, 0.1) is 0 Å². The molecular weight excluding hydrogens is 354 g/mol. The number of carbonyl (C=O) groups is 1. The first-order valence-electron chi connectivity index (χ1n) is 10.2. The molecule has 0 spiro atoms. The number of aromatic nitrogens is 3. The van der Waals surface area contributed by atoms with Crippen LogP contribution in [0.4, 0.5) is 0 Å². The first kappa shape index (κ1) is 19.1. The minimum Gasteiger partial charge on any atom is -0.379 e. The zero-order valence-corrected chi connectivity index (χ0v) is 16.5. The van der Waals surface area contributed by atoms with Crippen LogP contribution < -0.4 is 5.32 Å². The fourth-order valence-electron chi connectivity index (χ4n) is 4.68. The molecule has 1 aromatic heterocycles. The summed E-state index contributed by atoms with van der Waals surface area (Å²) in [5.74, 6) is 0.624. The number of amides is 1. The van der Waals surface area contributed by atoms with Gasteiger partial charge in [-0.15, -0.1) is 0 Å². The Morgan fingerprint density at radius 1 is 1.21 bits per heavy atom. The molecule has 0 bridgehead atoms. The first-order valence-corrected chi connectivity index (χ1v) is 10.2. The molecule has 1 N–H and O–H groups in total. The average molecular weight is 383 g/mol. The van der Waals surface area contributed by atoms with Crippen molar-refractivity contribution in [3.8, 4) is 11.4 Å². The third-order valence-corrected chi connectivity index (χ3v) is 6.17. The van der Waals surface area contributed by atoms with E-state index in [4.69, 9.17) is 4.74 Å². The van der Waals surface area contributed by atoms with Gasteiger partial charge in [0.15, 0.2) is 5.82 Å². The molecule has 1 atom stereocenters. The van der Waals surface area contributed by atoms with Gasteiger partial charge in [0.25, 0.3) is 0 Å². The standard InChI is InChI=1S/C21H29N5O2/c1-17(21(9-5-6-10-21)25-11-13-28-14-12-25)23-19(27)15-26-16-22-20(24-26)18-7-3-2-4-8-18/h2-4,7-8,16-17H,5-6,9-15H2,1H3,(H,23,27).